The number of nitrogens with zero attached hydrogens (tertiary/aromatic N) is 4. The quantitative estimate of drug-likeness (QED) is 0.623. The SMILES string of the molecule is O=[S@]1CCc2nc(N3CC4C=C(c5ccc(Cl)cc5)CC4C3)nc(NC3CN(CCCF)C3)c21. The normalized spacial score (nSPS) is 26.4. The zero-order valence-corrected chi connectivity index (χ0v) is 20.6. The van der Waals surface area contributed by atoms with Crippen LogP contribution in [-0.2, 0) is 17.2 Å². The number of anilines is 2. The fourth-order valence-electron chi connectivity index (χ4n) is 5.70. The monoisotopic (exact) mass is 501 g/mol. The first-order valence-electron chi connectivity index (χ1n) is 12.1. The molecule has 3 atom stereocenters. The third-order valence-corrected chi connectivity index (χ3v) is 9.18. The van der Waals surface area contributed by atoms with E-state index in [-0.39, 0.29) is 12.7 Å². The molecule has 180 valence electrons. The topological polar surface area (TPSA) is 61.4 Å². The molecule has 4 heterocycles. The Morgan fingerprint density at radius 3 is 2.74 bits per heavy atom. The van der Waals surface area contributed by atoms with Crippen molar-refractivity contribution in [3.63, 3.8) is 0 Å². The molecule has 2 fully saturated rings. The molecule has 34 heavy (non-hydrogen) atoms. The number of alkyl halides is 1. The van der Waals surface area contributed by atoms with Crippen molar-refractivity contribution in [3.8, 4) is 0 Å². The number of fused-ring (bicyclic) bond motifs is 2. The standard InChI is InChI=1S/C25H29ClFN5OS/c26-20-4-2-16(3-5-20)17-10-18-12-32(13-19(18)11-17)25-29-22-6-9-34(33)23(22)24(30-25)28-21-14-31(15-21)8-1-7-27/h2-5,10,18-19,21H,1,6-9,11-15H2,(H,28,29,30)/t18?,19?,34-/m0/s1. The maximum atomic E-state index is 12.7. The molecule has 4 aliphatic rings. The van der Waals surface area contributed by atoms with E-state index in [4.69, 9.17) is 21.6 Å². The van der Waals surface area contributed by atoms with Crippen molar-refractivity contribution in [3.05, 3.63) is 46.6 Å². The first-order valence-corrected chi connectivity index (χ1v) is 13.8. The Labute approximate surface area is 207 Å². The fourth-order valence-corrected chi connectivity index (χ4v) is 7.13. The van der Waals surface area contributed by atoms with Crippen molar-refractivity contribution < 1.29 is 8.60 Å². The first kappa shape index (κ1) is 22.4. The van der Waals surface area contributed by atoms with Gasteiger partial charge in [0.2, 0.25) is 5.95 Å². The highest BCUT2D eigenvalue weighted by Gasteiger charge is 2.39. The summed E-state index contributed by atoms with van der Waals surface area (Å²) in [5, 5.41) is 4.30. The van der Waals surface area contributed by atoms with E-state index < -0.39 is 10.8 Å². The van der Waals surface area contributed by atoms with Crippen LogP contribution in [0.1, 0.15) is 24.1 Å². The molecule has 1 N–H and O–H groups in total. The summed E-state index contributed by atoms with van der Waals surface area (Å²) < 4.78 is 25.1. The van der Waals surface area contributed by atoms with E-state index in [2.05, 4.69) is 33.3 Å². The lowest BCUT2D eigenvalue weighted by atomic mass is 9.98. The van der Waals surface area contributed by atoms with Crippen LogP contribution < -0.4 is 10.2 Å². The maximum absolute atomic E-state index is 12.7. The molecule has 2 unspecified atom stereocenters. The summed E-state index contributed by atoms with van der Waals surface area (Å²) in [5.41, 5.74) is 3.59. The fraction of sp³-hybridized carbons (Fsp3) is 0.520. The van der Waals surface area contributed by atoms with Gasteiger partial charge in [-0.25, -0.2) is 4.98 Å². The largest absolute Gasteiger partial charge is 0.364 e. The first-order chi connectivity index (χ1) is 16.6. The van der Waals surface area contributed by atoms with Crippen LogP contribution in [0.4, 0.5) is 16.2 Å². The van der Waals surface area contributed by atoms with Gasteiger partial charge in [0.15, 0.2) is 0 Å². The predicted molar refractivity (Wildman–Crippen MR) is 135 cm³/mol. The second kappa shape index (κ2) is 9.21. The van der Waals surface area contributed by atoms with Crippen LogP contribution >= 0.6 is 11.6 Å². The number of benzene rings is 1. The lowest BCUT2D eigenvalue weighted by Crippen LogP contribution is -2.55. The average Bonchev–Trinajstić information content (AvgIpc) is 3.49. The Hall–Kier alpha value is -2.03. The lowest BCUT2D eigenvalue weighted by Gasteiger charge is -2.40. The van der Waals surface area contributed by atoms with Gasteiger partial charge in [0.1, 0.15) is 10.7 Å². The van der Waals surface area contributed by atoms with E-state index in [0.29, 0.717) is 24.0 Å². The molecule has 0 spiro atoms. The lowest BCUT2D eigenvalue weighted by molar-refractivity contribution is 0.155. The van der Waals surface area contributed by atoms with E-state index in [1.165, 1.54) is 11.1 Å². The highest BCUT2D eigenvalue weighted by Crippen LogP contribution is 2.42. The van der Waals surface area contributed by atoms with Gasteiger partial charge in [-0.3, -0.25) is 13.5 Å². The van der Waals surface area contributed by atoms with Crippen molar-refractivity contribution in [1.29, 1.82) is 0 Å². The van der Waals surface area contributed by atoms with Crippen molar-refractivity contribution in [1.82, 2.24) is 14.9 Å². The number of hydrogen-bond acceptors (Lipinski definition) is 6. The molecule has 0 saturated carbocycles. The Balaban J connectivity index is 1.18. The number of allylic oxidation sites excluding steroid dienone is 1. The van der Waals surface area contributed by atoms with Crippen LogP contribution in [0.15, 0.2) is 35.2 Å². The summed E-state index contributed by atoms with van der Waals surface area (Å²) in [4.78, 5) is 15.1. The molecule has 3 aliphatic heterocycles. The number of nitrogens with one attached hydrogen (secondary N) is 1. The number of hydrogen-bond donors (Lipinski definition) is 1. The summed E-state index contributed by atoms with van der Waals surface area (Å²) in [5.74, 6) is 3.16. The van der Waals surface area contributed by atoms with Gasteiger partial charge < -0.3 is 10.2 Å². The van der Waals surface area contributed by atoms with E-state index in [9.17, 15) is 8.60 Å². The molecule has 9 heteroatoms. The van der Waals surface area contributed by atoms with Gasteiger partial charge in [-0.1, -0.05) is 29.8 Å². The number of aryl methyl sites for hydroxylation is 1. The zero-order chi connectivity index (χ0) is 23.2. The van der Waals surface area contributed by atoms with Crippen LogP contribution in [0.5, 0.6) is 0 Å². The molecule has 0 amide bonds. The van der Waals surface area contributed by atoms with Crippen LogP contribution in [-0.4, -0.2) is 70.3 Å². The van der Waals surface area contributed by atoms with Crippen molar-refractivity contribution in [2.75, 3.05) is 55.4 Å². The molecule has 6 nitrogen and oxygen atoms in total. The van der Waals surface area contributed by atoms with Crippen LogP contribution in [0.2, 0.25) is 5.02 Å². The molecular weight excluding hydrogens is 473 g/mol. The van der Waals surface area contributed by atoms with E-state index in [1.54, 1.807) is 0 Å². The van der Waals surface area contributed by atoms with Gasteiger partial charge in [0, 0.05) is 49.9 Å². The minimum absolute atomic E-state index is 0.256. The van der Waals surface area contributed by atoms with Crippen molar-refractivity contribution in [2.24, 2.45) is 11.8 Å². The van der Waals surface area contributed by atoms with Crippen molar-refractivity contribution in [2.45, 2.75) is 30.2 Å². The van der Waals surface area contributed by atoms with Gasteiger partial charge in [-0.15, -0.1) is 0 Å². The van der Waals surface area contributed by atoms with Crippen molar-refractivity contribution >= 4 is 39.7 Å². The highest BCUT2D eigenvalue weighted by molar-refractivity contribution is 7.85. The third kappa shape index (κ3) is 4.25. The number of aromatic nitrogens is 2. The van der Waals surface area contributed by atoms with Crippen LogP contribution in [0.3, 0.4) is 0 Å². The van der Waals surface area contributed by atoms with Crippen LogP contribution in [0.25, 0.3) is 5.57 Å². The molecule has 0 radical (unpaired) electrons. The second-order valence-corrected chi connectivity index (χ2v) is 11.8. The third-order valence-electron chi connectivity index (χ3n) is 7.47. The summed E-state index contributed by atoms with van der Waals surface area (Å²) in [6.07, 6.45) is 4.78. The van der Waals surface area contributed by atoms with Gasteiger partial charge >= 0.3 is 0 Å². The number of halogens is 2. The Morgan fingerprint density at radius 1 is 1.15 bits per heavy atom. The minimum Gasteiger partial charge on any atom is -0.364 e. The van der Waals surface area contributed by atoms with E-state index in [0.717, 1.165) is 72.9 Å². The highest BCUT2D eigenvalue weighted by atomic mass is 35.5. The molecule has 1 aromatic carbocycles. The number of likely N-dealkylation sites (tertiary alicyclic amines) is 1. The molecule has 1 aliphatic carbocycles. The smallest absolute Gasteiger partial charge is 0.227 e. The number of rotatable bonds is 7. The molecule has 0 bridgehead atoms. The second-order valence-electron chi connectivity index (χ2n) is 9.82. The van der Waals surface area contributed by atoms with E-state index >= 15 is 0 Å². The summed E-state index contributed by atoms with van der Waals surface area (Å²) in [6.45, 7) is 4.09. The van der Waals surface area contributed by atoms with Gasteiger partial charge in [-0.05, 0) is 47.9 Å². The summed E-state index contributed by atoms with van der Waals surface area (Å²) in [7, 11) is -1.05. The maximum Gasteiger partial charge on any atom is 0.227 e. The predicted octanol–water partition coefficient (Wildman–Crippen LogP) is 3.79. The Bertz CT molecular complexity index is 1140. The van der Waals surface area contributed by atoms with Gasteiger partial charge in [-0.2, -0.15) is 4.98 Å². The Kier molecular flexibility index (Phi) is 6.07. The minimum atomic E-state index is -1.05. The molecule has 2 saturated heterocycles. The zero-order valence-electron chi connectivity index (χ0n) is 19.1. The molecule has 6 rings (SSSR count). The molecule has 2 aromatic rings. The van der Waals surface area contributed by atoms with E-state index in [1.807, 2.05) is 12.1 Å². The summed E-state index contributed by atoms with van der Waals surface area (Å²) in [6, 6.07) is 8.38. The average molecular weight is 502 g/mol. The molecular formula is C25H29ClFN5OS. The van der Waals surface area contributed by atoms with Gasteiger partial charge in [0.25, 0.3) is 0 Å². The Morgan fingerprint density at radius 2 is 1.97 bits per heavy atom. The summed E-state index contributed by atoms with van der Waals surface area (Å²) >= 11 is 6.05. The van der Waals surface area contributed by atoms with Gasteiger partial charge in [0.05, 0.1) is 29.2 Å². The van der Waals surface area contributed by atoms with Crippen LogP contribution in [0, 0.1) is 11.8 Å². The molecule has 1 aromatic heterocycles.